The Morgan fingerprint density at radius 3 is 2.00 bits per heavy atom. The smallest absolute Gasteiger partial charge is 0.186 e. The molecule has 84 valence electrons. The molecule has 0 aliphatic carbocycles. The lowest BCUT2D eigenvalue weighted by Crippen LogP contribution is -2.58. The van der Waals surface area contributed by atoms with Crippen molar-refractivity contribution in [3.63, 3.8) is 0 Å². The van der Waals surface area contributed by atoms with Gasteiger partial charge in [0.05, 0.1) is 6.10 Å². The van der Waals surface area contributed by atoms with E-state index in [-0.39, 0.29) is 6.10 Å². The largest absolute Gasteiger partial charge is 0.388 e. The summed E-state index contributed by atoms with van der Waals surface area (Å²) < 4.78 is 20.9. The minimum atomic E-state index is -0.698. The van der Waals surface area contributed by atoms with Crippen molar-refractivity contribution in [2.45, 2.75) is 37.6 Å². The van der Waals surface area contributed by atoms with Gasteiger partial charge in [-0.3, -0.25) is 0 Å². The first-order valence-corrected chi connectivity index (χ1v) is 4.57. The van der Waals surface area contributed by atoms with Crippen LogP contribution in [0.4, 0.5) is 0 Å². The van der Waals surface area contributed by atoms with Crippen molar-refractivity contribution in [2.24, 2.45) is 0 Å². The molecule has 1 aliphatic heterocycles. The Labute approximate surface area is 83.9 Å². The zero-order valence-electron chi connectivity index (χ0n) is 8.97. The molecule has 14 heavy (non-hydrogen) atoms. The van der Waals surface area contributed by atoms with E-state index in [4.69, 9.17) is 18.9 Å². The molecule has 0 amide bonds. The molecule has 0 aromatic heterocycles. The van der Waals surface area contributed by atoms with Gasteiger partial charge in [0.2, 0.25) is 0 Å². The van der Waals surface area contributed by atoms with Crippen LogP contribution in [-0.2, 0) is 18.9 Å². The van der Waals surface area contributed by atoms with Gasteiger partial charge in [0, 0.05) is 21.3 Å². The number of hydrogen-bond acceptors (Lipinski definition) is 5. The van der Waals surface area contributed by atoms with Crippen LogP contribution < -0.4 is 0 Å². The number of rotatable bonds is 3. The Bertz CT molecular complexity index is 171. The Morgan fingerprint density at radius 1 is 1.00 bits per heavy atom. The second kappa shape index (κ2) is 5.04. The molecule has 0 aromatic rings. The third kappa shape index (κ3) is 2.07. The van der Waals surface area contributed by atoms with E-state index in [1.807, 2.05) is 0 Å². The zero-order chi connectivity index (χ0) is 10.7. The lowest BCUT2D eigenvalue weighted by molar-refractivity contribution is -0.295. The lowest BCUT2D eigenvalue weighted by atomic mass is 9.99. The molecule has 0 aromatic carbocycles. The summed E-state index contributed by atoms with van der Waals surface area (Å²) in [5.74, 6) is 0. The average molecular weight is 206 g/mol. The Balaban J connectivity index is 2.75. The highest BCUT2D eigenvalue weighted by Crippen LogP contribution is 2.25. The number of ether oxygens (including phenoxy) is 4. The van der Waals surface area contributed by atoms with Crippen molar-refractivity contribution in [1.29, 1.82) is 0 Å². The van der Waals surface area contributed by atoms with Crippen LogP contribution in [0.2, 0.25) is 0 Å². The summed E-state index contributed by atoms with van der Waals surface area (Å²) in [4.78, 5) is 0. The minimum Gasteiger partial charge on any atom is -0.388 e. The Morgan fingerprint density at radius 2 is 1.57 bits per heavy atom. The maximum absolute atomic E-state index is 9.77. The van der Waals surface area contributed by atoms with Crippen LogP contribution in [0.1, 0.15) is 6.92 Å². The van der Waals surface area contributed by atoms with Crippen LogP contribution in [0.5, 0.6) is 0 Å². The summed E-state index contributed by atoms with van der Waals surface area (Å²) >= 11 is 0. The van der Waals surface area contributed by atoms with Crippen molar-refractivity contribution < 1.29 is 24.1 Å². The van der Waals surface area contributed by atoms with E-state index >= 15 is 0 Å². The molecule has 5 atom stereocenters. The third-order valence-electron chi connectivity index (χ3n) is 2.54. The summed E-state index contributed by atoms with van der Waals surface area (Å²) in [6.07, 6.45) is -2.35. The van der Waals surface area contributed by atoms with Gasteiger partial charge in [-0.05, 0) is 6.92 Å². The fourth-order valence-electron chi connectivity index (χ4n) is 1.69. The highest BCUT2D eigenvalue weighted by Gasteiger charge is 2.44. The maximum atomic E-state index is 9.77. The van der Waals surface area contributed by atoms with Crippen molar-refractivity contribution >= 4 is 0 Å². The van der Waals surface area contributed by atoms with E-state index in [1.54, 1.807) is 6.92 Å². The first-order chi connectivity index (χ1) is 6.65. The monoisotopic (exact) mass is 206 g/mol. The van der Waals surface area contributed by atoms with Crippen LogP contribution in [0.25, 0.3) is 0 Å². The van der Waals surface area contributed by atoms with Crippen LogP contribution >= 0.6 is 0 Å². The first-order valence-electron chi connectivity index (χ1n) is 4.57. The Hall–Kier alpha value is -0.200. The highest BCUT2D eigenvalue weighted by molar-refractivity contribution is 4.89. The summed E-state index contributed by atoms with van der Waals surface area (Å²) in [5, 5.41) is 9.77. The number of methoxy groups -OCH3 is 3. The van der Waals surface area contributed by atoms with Crippen molar-refractivity contribution in [3.05, 3.63) is 0 Å². The van der Waals surface area contributed by atoms with Crippen molar-refractivity contribution in [2.75, 3.05) is 21.3 Å². The zero-order valence-corrected chi connectivity index (χ0v) is 8.97. The number of aliphatic hydroxyl groups is 1. The number of hydrogen-bond donors (Lipinski definition) is 1. The summed E-state index contributed by atoms with van der Waals surface area (Å²) in [6.45, 7) is 1.77. The van der Waals surface area contributed by atoms with Gasteiger partial charge in [-0.25, -0.2) is 0 Å². The normalized spacial score (nSPS) is 43.9. The van der Waals surface area contributed by atoms with Crippen LogP contribution in [-0.4, -0.2) is 57.1 Å². The van der Waals surface area contributed by atoms with Gasteiger partial charge in [0.15, 0.2) is 6.29 Å². The molecule has 1 rings (SSSR count). The SMILES string of the molecule is CO[C@H]1O[C@H](C)[C@@H](O)[C@H](OC)[C@H]1OC. The van der Waals surface area contributed by atoms with E-state index < -0.39 is 24.6 Å². The quantitative estimate of drug-likeness (QED) is 0.691. The van der Waals surface area contributed by atoms with Gasteiger partial charge in [0.25, 0.3) is 0 Å². The average Bonchev–Trinajstić information content (AvgIpc) is 2.20. The summed E-state index contributed by atoms with van der Waals surface area (Å²) in [6, 6.07) is 0. The molecule has 0 unspecified atom stereocenters. The molecule has 1 N–H and O–H groups in total. The molecule has 0 bridgehead atoms. The van der Waals surface area contributed by atoms with Gasteiger partial charge < -0.3 is 24.1 Å². The second-order valence-electron chi connectivity index (χ2n) is 3.34. The topological polar surface area (TPSA) is 57.2 Å². The van der Waals surface area contributed by atoms with Gasteiger partial charge in [-0.1, -0.05) is 0 Å². The molecule has 1 aliphatic rings. The van der Waals surface area contributed by atoms with E-state index in [9.17, 15) is 5.11 Å². The van der Waals surface area contributed by atoms with E-state index in [1.165, 1.54) is 21.3 Å². The summed E-state index contributed by atoms with van der Waals surface area (Å²) in [5.41, 5.74) is 0. The van der Waals surface area contributed by atoms with Crippen molar-refractivity contribution in [1.82, 2.24) is 0 Å². The standard InChI is InChI=1S/C9H18O5/c1-5-6(10)7(11-2)8(12-3)9(13-4)14-5/h5-10H,1-4H3/t5-,6-,7+,8-,9+/m1/s1. The van der Waals surface area contributed by atoms with Gasteiger partial charge in [-0.2, -0.15) is 0 Å². The predicted molar refractivity (Wildman–Crippen MR) is 48.9 cm³/mol. The molecular formula is C9H18O5. The van der Waals surface area contributed by atoms with Gasteiger partial charge >= 0.3 is 0 Å². The van der Waals surface area contributed by atoms with Crippen LogP contribution in [0.3, 0.4) is 0 Å². The molecule has 0 spiro atoms. The van der Waals surface area contributed by atoms with E-state index in [2.05, 4.69) is 0 Å². The Kier molecular flexibility index (Phi) is 4.28. The van der Waals surface area contributed by atoms with Gasteiger partial charge in [0.1, 0.15) is 18.3 Å². The maximum Gasteiger partial charge on any atom is 0.186 e. The molecule has 1 fully saturated rings. The fourth-order valence-corrected chi connectivity index (χ4v) is 1.69. The second-order valence-corrected chi connectivity index (χ2v) is 3.34. The lowest BCUT2D eigenvalue weighted by Gasteiger charge is -2.41. The molecule has 1 saturated heterocycles. The fraction of sp³-hybridized carbons (Fsp3) is 1.00. The van der Waals surface area contributed by atoms with Gasteiger partial charge in [-0.15, -0.1) is 0 Å². The number of aliphatic hydroxyl groups excluding tert-OH is 1. The van der Waals surface area contributed by atoms with Crippen LogP contribution in [0, 0.1) is 0 Å². The predicted octanol–water partition coefficient (Wildman–Crippen LogP) is -0.232. The molecular weight excluding hydrogens is 188 g/mol. The minimum absolute atomic E-state index is 0.323. The third-order valence-corrected chi connectivity index (χ3v) is 2.54. The van der Waals surface area contributed by atoms with E-state index in [0.29, 0.717) is 0 Å². The summed E-state index contributed by atoms with van der Waals surface area (Å²) in [7, 11) is 4.60. The van der Waals surface area contributed by atoms with Crippen molar-refractivity contribution in [3.8, 4) is 0 Å². The molecule has 5 heteroatoms. The molecule has 0 saturated carbocycles. The first kappa shape index (κ1) is 11.9. The van der Waals surface area contributed by atoms with Crippen LogP contribution in [0.15, 0.2) is 0 Å². The van der Waals surface area contributed by atoms with E-state index in [0.717, 1.165) is 0 Å². The molecule has 0 radical (unpaired) electrons. The highest BCUT2D eigenvalue weighted by atomic mass is 16.7. The molecule has 5 nitrogen and oxygen atoms in total. The molecule has 1 heterocycles.